The molecule has 1 aromatic rings. The van der Waals surface area contributed by atoms with Crippen LogP contribution in [0.4, 0.5) is 0 Å². The molecule has 2 N–H and O–H groups in total. The highest BCUT2D eigenvalue weighted by Gasteiger charge is 2.41. The molecule has 2 rings (SSSR count). The summed E-state index contributed by atoms with van der Waals surface area (Å²) in [7, 11) is 0. The second-order valence-corrected chi connectivity index (χ2v) is 6.07. The lowest BCUT2D eigenvalue weighted by Gasteiger charge is -2.32. The molecule has 0 saturated heterocycles. The lowest BCUT2D eigenvalue weighted by atomic mass is 9.71. The van der Waals surface area contributed by atoms with E-state index in [0.717, 1.165) is 25.0 Å². The van der Waals surface area contributed by atoms with Crippen LogP contribution in [0.3, 0.4) is 0 Å². The third-order valence-corrected chi connectivity index (χ3v) is 4.26. The third kappa shape index (κ3) is 4.09. The lowest BCUT2D eigenvalue weighted by molar-refractivity contribution is -0.154. The van der Waals surface area contributed by atoms with E-state index in [-0.39, 0.29) is 18.4 Å². The summed E-state index contributed by atoms with van der Waals surface area (Å²) in [6.07, 6.45) is 6.33. The van der Waals surface area contributed by atoms with Crippen LogP contribution in [-0.2, 0) is 16.0 Å². The topological polar surface area (TPSA) is 79.5 Å². The van der Waals surface area contributed by atoms with Crippen LogP contribution in [0.25, 0.3) is 0 Å². The Bertz CT molecular complexity index is 474. The minimum absolute atomic E-state index is 0.0712. The van der Waals surface area contributed by atoms with Crippen molar-refractivity contribution in [1.82, 2.24) is 5.32 Å². The Balaban J connectivity index is 1.88. The Hall–Kier alpha value is -1.78. The number of carbonyl (C=O) groups excluding carboxylic acids is 1. The minimum Gasteiger partial charge on any atom is -0.481 e. The van der Waals surface area contributed by atoms with E-state index in [4.69, 9.17) is 4.42 Å². The predicted molar refractivity (Wildman–Crippen MR) is 77.8 cm³/mol. The van der Waals surface area contributed by atoms with Gasteiger partial charge in [-0.15, -0.1) is 0 Å². The van der Waals surface area contributed by atoms with Crippen LogP contribution in [0, 0.1) is 5.41 Å². The van der Waals surface area contributed by atoms with Crippen LogP contribution >= 0.6 is 0 Å². The fraction of sp³-hybridized carbons (Fsp3) is 0.625. The summed E-state index contributed by atoms with van der Waals surface area (Å²) in [4.78, 5) is 23.7. The molecule has 116 valence electrons. The van der Waals surface area contributed by atoms with Gasteiger partial charge in [-0.25, -0.2) is 0 Å². The Morgan fingerprint density at radius 3 is 2.67 bits per heavy atom. The van der Waals surface area contributed by atoms with Gasteiger partial charge in [0.25, 0.3) is 0 Å². The maximum Gasteiger partial charge on any atom is 0.310 e. The van der Waals surface area contributed by atoms with E-state index in [9.17, 15) is 14.7 Å². The zero-order valence-electron chi connectivity index (χ0n) is 12.4. The quantitative estimate of drug-likeness (QED) is 0.845. The molecule has 1 heterocycles. The number of carbonyl (C=O) groups is 2. The smallest absolute Gasteiger partial charge is 0.310 e. The van der Waals surface area contributed by atoms with Crippen molar-refractivity contribution in [2.24, 2.45) is 5.41 Å². The molecule has 0 spiro atoms. The maximum atomic E-state index is 12.2. The van der Waals surface area contributed by atoms with E-state index < -0.39 is 11.4 Å². The number of hydrogen-bond acceptors (Lipinski definition) is 3. The summed E-state index contributed by atoms with van der Waals surface area (Å²) in [6, 6.07) is 3.60. The number of aliphatic carboxylic acids is 1. The van der Waals surface area contributed by atoms with Crippen LogP contribution < -0.4 is 5.32 Å². The summed E-state index contributed by atoms with van der Waals surface area (Å²) in [6.45, 7) is 1.90. The van der Waals surface area contributed by atoms with E-state index in [1.165, 1.54) is 0 Å². The molecular formula is C16H23NO4. The maximum absolute atomic E-state index is 12.2. The number of rotatable bonds is 6. The summed E-state index contributed by atoms with van der Waals surface area (Å²) in [5.74, 6) is -0.206. The number of nitrogens with one attached hydrogen (secondary N) is 1. The molecule has 1 aliphatic carbocycles. The average Bonchev–Trinajstić information content (AvgIpc) is 2.92. The van der Waals surface area contributed by atoms with Gasteiger partial charge in [0.05, 0.1) is 11.7 Å². The first-order valence-electron chi connectivity index (χ1n) is 7.57. The molecule has 0 aliphatic heterocycles. The second kappa shape index (κ2) is 6.78. The van der Waals surface area contributed by atoms with Gasteiger partial charge >= 0.3 is 5.97 Å². The van der Waals surface area contributed by atoms with Crippen LogP contribution in [0.5, 0.6) is 0 Å². The van der Waals surface area contributed by atoms with E-state index in [0.29, 0.717) is 19.3 Å². The normalized spacial score (nSPS) is 18.9. The summed E-state index contributed by atoms with van der Waals surface area (Å²) >= 11 is 0. The van der Waals surface area contributed by atoms with Crippen molar-refractivity contribution < 1.29 is 19.1 Å². The lowest BCUT2D eigenvalue weighted by Crippen LogP contribution is -2.42. The van der Waals surface area contributed by atoms with Gasteiger partial charge in [0, 0.05) is 18.9 Å². The highest BCUT2D eigenvalue weighted by molar-refractivity contribution is 5.85. The average molecular weight is 293 g/mol. The van der Waals surface area contributed by atoms with Crippen molar-refractivity contribution in [2.45, 2.75) is 57.9 Å². The van der Waals surface area contributed by atoms with Crippen molar-refractivity contribution in [3.63, 3.8) is 0 Å². The largest absolute Gasteiger partial charge is 0.481 e. The zero-order valence-corrected chi connectivity index (χ0v) is 12.4. The Morgan fingerprint density at radius 2 is 2.10 bits per heavy atom. The number of hydrogen-bond donors (Lipinski definition) is 2. The van der Waals surface area contributed by atoms with E-state index in [2.05, 4.69) is 5.32 Å². The molecule has 0 radical (unpaired) electrons. The Morgan fingerprint density at radius 1 is 1.38 bits per heavy atom. The molecule has 0 bridgehead atoms. The van der Waals surface area contributed by atoms with Gasteiger partial charge in [0.15, 0.2) is 0 Å². The summed E-state index contributed by atoms with van der Waals surface area (Å²) < 4.78 is 5.25. The Labute approximate surface area is 124 Å². The van der Waals surface area contributed by atoms with Crippen molar-refractivity contribution in [2.75, 3.05) is 0 Å². The predicted octanol–water partition coefficient (Wildman–Crippen LogP) is 2.75. The van der Waals surface area contributed by atoms with E-state index in [1.807, 2.05) is 19.1 Å². The SMILES string of the molecule is CC(Cc1ccco1)NC(=O)CC1(C(=O)O)CCCCC1. The van der Waals surface area contributed by atoms with Gasteiger partial charge in [-0.2, -0.15) is 0 Å². The standard InChI is InChI=1S/C16H23NO4/c1-12(10-13-6-5-9-21-13)17-14(18)11-16(15(19)20)7-3-2-4-8-16/h5-6,9,12H,2-4,7-8,10-11H2,1H3,(H,17,18)(H,19,20). The molecule has 1 unspecified atom stereocenters. The number of carboxylic acids is 1. The minimum atomic E-state index is -0.868. The zero-order chi connectivity index (χ0) is 15.3. The van der Waals surface area contributed by atoms with Gasteiger partial charge in [0.1, 0.15) is 5.76 Å². The van der Waals surface area contributed by atoms with Crippen molar-refractivity contribution in [3.05, 3.63) is 24.2 Å². The van der Waals surface area contributed by atoms with Crippen LogP contribution in [0.1, 0.15) is 51.2 Å². The van der Waals surface area contributed by atoms with Crippen molar-refractivity contribution in [3.8, 4) is 0 Å². The molecular weight excluding hydrogens is 270 g/mol. The fourth-order valence-electron chi connectivity index (χ4n) is 3.11. The van der Waals surface area contributed by atoms with Crippen LogP contribution in [0.15, 0.2) is 22.8 Å². The van der Waals surface area contributed by atoms with Gasteiger partial charge in [-0.3, -0.25) is 9.59 Å². The second-order valence-electron chi connectivity index (χ2n) is 6.07. The van der Waals surface area contributed by atoms with Crippen molar-refractivity contribution in [1.29, 1.82) is 0 Å². The number of furan rings is 1. The van der Waals surface area contributed by atoms with Crippen LogP contribution in [0.2, 0.25) is 0 Å². The molecule has 5 nitrogen and oxygen atoms in total. The molecule has 0 aromatic carbocycles. The van der Waals surface area contributed by atoms with Gasteiger partial charge in [0.2, 0.25) is 5.91 Å². The monoisotopic (exact) mass is 293 g/mol. The third-order valence-electron chi connectivity index (χ3n) is 4.26. The van der Waals surface area contributed by atoms with Gasteiger partial charge < -0.3 is 14.8 Å². The first kappa shape index (κ1) is 15.6. The van der Waals surface area contributed by atoms with E-state index >= 15 is 0 Å². The first-order chi connectivity index (χ1) is 10.0. The molecule has 1 atom stereocenters. The highest BCUT2D eigenvalue weighted by atomic mass is 16.4. The highest BCUT2D eigenvalue weighted by Crippen LogP contribution is 2.39. The molecule has 5 heteroatoms. The molecule has 1 aliphatic rings. The molecule has 1 amide bonds. The number of amides is 1. The van der Waals surface area contributed by atoms with Crippen molar-refractivity contribution >= 4 is 11.9 Å². The van der Waals surface area contributed by atoms with Gasteiger partial charge in [-0.1, -0.05) is 19.3 Å². The summed E-state index contributed by atoms with van der Waals surface area (Å²) in [5.41, 5.74) is -0.868. The van der Waals surface area contributed by atoms with E-state index in [1.54, 1.807) is 6.26 Å². The fourth-order valence-corrected chi connectivity index (χ4v) is 3.11. The van der Waals surface area contributed by atoms with Gasteiger partial charge in [-0.05, 0) is 31.9 Å². The molecule has 1 aromatic heterocycles. The number of carboxylic acid groups (broad SMARTS) is 1. The van der Waals surface area contributed by atoms with Crippen LogP contribution in [-0.4, -0.2) is 23.0 Å². The summed E-state index contributed by atoms with van der Waals surface area (Å²) in [5, 5.41) is 12.4. The molecule has 21 heavy (non-hydrogen) atoms. The molecule has 1 fully saturated rings. The Kier molecular flexibility index (Phi) is 5.04. The first-order valence-corrected chi connectivity index (χ1v) is 7.57. The molecule has 1 saturated carbocycles.